The van der Waals surface area contributed by atoms with Gasteiger partial charge in [0.15, 0.2) is 11.5 Å². The van der Waals surface area contributed by atoms with E-state index < -0.39 is 0 Å². The van der Waals surface area contributed by atoms with Gasteiger partial charge in [0.05, 0.1) is 0 Å². The summed E-state index contributed by atoms with van der Waals surface area (Å²) >= 11 is 0. The molecule has 0 aliphatic carbocycles. The summed E-state index contributed by atoms with van der Waals surface area (Å²) in [5.41, 5.74) is 4.51. The number of benzene rings is 1. The van der Waals surface area contributed by atoms with E-state index in [4.69, 9.17) is 4.98 Å². The SMILES string of the molecule is CC1(C)CNc2cc(Nc3nc4c(N5CCCCCC5)nccn4n3)ccc21. The van der Waals surface area contributed by atoms with Crippen molar-refractivity contribution in [1.29, 1.82) is 0 Å². The fourth-order valence-electron chi connectivity index (χ4n) is 4.26. The van der Waals surface area contributed by atoms with E-state index in [1.165, 1.54) is 36.9 Å². The van der Waals surface area contributed by atoms with Gasteiger partial charge in [0.1, 0.15) is 0 Å². The highest BCUT2D eigenvalue weighted by Gasteiger charge is 2.29. The lowest BCUT2D eigenvalue weighted by Gasteiger charge is -2.21. The monoisotopic (exact) mass is 377 g/mol. The van der Waals surface area contributed by atoms with Crippen LogP contribution in [0.25, 0.3) is 5.65 Å². The summed E-state index contributed by atoms with van der Waals surface area (Å²) < 4.78 is 1.82. The molecule has 28 heavy (non-hydrogen) atoms. The highest BCUT2D eigenvalue weighted by molar-refractivity contribution is 5.70. The third kappa shape index (κ3) is 3.04. The summed E-state index contributed by atoms with van der Waals surface area (Å²) in [5, 5.41) is 11.5. The molecule has 1 saturated heterocycles. The van der Waals surface area contributed by atoms with Crippen molar-refractivity contribution >= 4 is 28.8 Å². The van der Waals surface area contributed by atoms with Gasteiger partial charge in [-0.25, -0.2) is 9.50 Å². The Balaban J connectivity index is 1.44. The van der Waals surface area contributed by atoms with Crippen molar-refractivity contribution in [2.75, 3.05) is 35.2 Å². The average Bonchev–Trinajstić information content (AvgIpc) is 3.09. The quantitative estimate of drug-likeness (QED) is 0.720. The lowest BCUT2D eigenvalue weighted by atomic mass is 9.87. The van der Waals surface area contributed by atoms with E-state index in [9.17, 15) is 0 Å². The van der Waals surface area contributed by atoms with E-state index in [2.05, 4.69) is 57.7 Å². The van der Waals surface area contributed by atoms with Gasteiger partial charge in [-0.2, -0.15) is 4.98 Å². The molecule has 1 aromatic carbocycles. The number of fused-ring (bicyclic) bond motifs is 2. The van der Waals surface area contributed by atoms with Gasteiger partial charge in [-0.3, -0.25) is 0 Å². The first kappa shape index (κ1) is 17.3. The molecule has 2 N–H and O–H groups in total. The number of nitrogens with zero attached hydrogens (tertiary/aromatic N) is 5. The number of hydrogen-bond donors (Lipinski definition) is 2. The standard InChI is InChI=1S/C21H27N7/c1-21(2)14-23-17-13-15(7-8-16(17)21)24-20-25-19-18(22-9-12-28(19)26-20)27-10-5-3-4-6-11-27/h7-9,12-13,23H,3-6,10-11,14H2,1-2H3,(H,24,26). The molecule has 2 aliphatic heterocycles. The molecule has 4 heterocycles. The summed E-state index contributed by atoms with van der Waals surface area (Å²) in [4.78, 5) is 11.7. The minimum Gasteiger partial charge on any atom is -0.384 e. The van der Waals surface area contributed by atoms with Crippen molar-refractivity contribution in [1.82, 2.24) is 19.6 Å². The van der Waals surface area contributed by atoms with Crippen LogP contribution in [-0.4, -0.2) is 39.2 Å². The number of aromatic nitrogens is 4. The van der Waals surface area contributed by atoms with Crippen molar-refractivity contribution < 1.29 is 0 Å². The van der Waals surface area contributed by atoms with Crippen LogP contribution >= 0.6 is 0 Å². The second kappa shape index (κ2) is 6.65. The van der Waals surface area contributed by atoms with E-state index in [0.717, 1.165) is 36.8 Å². The molecule has 0 atom stereocenters. The van der Waals surface area contributed by atoms with E-state index in [1.54, 1.807) is 0 Å². The van der Waals surface area contributed by atoms with Crippen LogP contribution in [0.4, 0.5) is 23.1 Å². The lowest BCUT2D eigenvalue weighted by molar-refractivity contribution is 0.586. The fraction of sp³-hybridized carbons (Fsp3) is 0.476. The molecule has 2 aromatic heterocycles. The molecule has 0 saturated carbocycles. The molecule has 146 valence electrons. The second-order valence-electron chi connectivity index (χ2n) is 8.48. The molecular weight excluding hydrogens is 350 g/mol. The molecule has 5 rings (SSSR count). The van der Waals surface area contributed by atoms with Crippen molar-refractivity contribution in [3.05, 3.63) is 36.2 Å². The highest BCUT2D eigenvalue weighted by atomic mass is 15.4. The van der Waals surface area contributed by atoms with E-state index in [-0.39, 0.29) is 5.41 Å². The Morgan fingerprint density at radius 2 is 1.93 bits per heavy atom. The maximum absolute atomic E-state index is 4.75. The number of anilines is 4. The summed E-state index contributed by atoms with van der Waals surface area (Å²) in [6.07, 6.45) is 8.68. The molecule has 7 nitrogen and oxygen atoms in total. The number of rotatable bonds is 3. The van der Waals surface area contributed by atoms with Crippen molar-refractivity contribution in [3.8, 4) is 0 Å². The van der Waals surface area contributed by atoms with E-state index in [0.29, 0.717) is 5.95 Å². The molecule has 7 heteroatoms. The first-order valence-corrected chi connectivity index (χ1v) is 10.2. The molecule has 0 unspecified atom stereocenters. The minimum absolute atomic E-state index is 0.170. The van der Waals surface area contributed by atoms with Crippen molar-refractivity contribution in [2.45, 2.75) is 44.9 Å². The third-order valence-electron chi connectivity index (χ3n) is 5.87. The van der Waals surface area contributed by atoms with Gasteiger partial charge >= 0.3 is 0 Å². The van der Waals surface area contributed by atoms with Gasteiger partial charge in [0.2, 0.25) is 5.95 Å². The average molecular weight is 377 g/mol. The zero-order valence-electron chi connectivity index (χ0n) is 16.6. The summed E-state index contributed by atoms with van der Waals surface area (Å²) in [5.74, 6) is 1.53. The Morgan fingerprint density at radius 3 is 2.75 bits per heavy atom. The molecule has 2 aliphatic rings. The minimum atomic E-state index is 0.170. The molecular formula is C21H27N7. The van der Waals surface area contributed by atoms with Crippen LogP contribution < -0.4 is 15.5 Å². The Kier molecular flexibility index (Phi) is 4.10. The molecule has 3 aromatic rings. The van der Waals surface area contributed by atoms with Gasteiger partial charge in [-0.1, -0.05) is 32.8 Å². The van der Waals surface area contributed by atoms with Crippen LogP contribution in [-0.2, 0) is 5.41 Å². The van der Waals surface area contributed by atoms with Gasteiger partial charge < -0.3 is 15.5 Å². The van der Waals surface area contributed by atoms with Gasteiger partial charge in [0, 0.05) is 48.8 Å². The van der Waals surface area contributed by atoms with Crippen molar-refractivity contribution in [3.63, 3.8) is 0 Å². The smallest absolute Gasteiger partial charge is 0.247 e. The zero-order valence-corrected chi connectivity index (χ0v) is 16.6. The van der Waals surface area contributed by atoms with Gasteiger partial charge in [0.25, 0.3) is 0 Å². The van der Waals surface area contributed by atoms with Crippen LogP contribution in [0.3, 0.4) is 0 Å². The van der Waals surface area contributed by atoms with Crippen LogP contribution in [0.2, 0.25) is 0 Å². The van der Waals surface area contributed by atoms with Crippen LogP contribution in [0.15, 0.2) is 30.6 Å². The maximum Gasteiger partial charge on any atom is 0.247 e. The predicted octanol–water partition coefficient (Wildman–Crippen LogP) is 3.95. The topological polar surface area (TPSA) is 70.4 Å². The Morgan fingerprint density at radius 1 is 1.11 bits per heavy atom. The lowest BCUT2D eigenvalue weighted by Crippen LogP contribution is -2.25. The molecule has 0 bridgehead atoms. The first-order valence-electron chi connectivity index (χ1n) is 10.2. The molecule has 0 radical (unpaired) electrons. The first-order chi connectivity index (χ1) is 13.6. The molecule has 0 spiro atoms. The normalized spacial score (nSPS) is 18.6. The fourth-order valence-corrected chi connectivity index (χ4v) is 4.26. The van der Waals surface area contributed by atoms with Gasteiger partial charge in [-0.05, 0) is 30.5 Å². The predicted molar refractivity (Wildman–Crippen MR) is 113 cm³/mol. The third-order valence-corrected chi connectivity index (χ3v) is 5.87. The molecule has 0 amide bonds. The summed E-state index contributed by atoms with van der Waals surface area (Å²) in [6.45, 7) is 7.56. The molecule has 1 fully saturated rings. The Hall–Kier alpha value is -2.83. The maximum atomic E-state index is 4.75. The van der Waals surface area contributed by atoms with Crippen LogP contribution in [0.5, 0.6) is 0 Å². The Labute approximate surface area is 165 Å². The van der Waals surface area contributed by atoms with E-state index in [1.807, 2.05) is 16.9 Å². The number of nitrogens with one attached hydrogen (secondary N) is 2. The summed E-state index contributed by atoms with van der Waals surface area (Å²) in [6, 6.07) is 6.44. The van der Waals surface area contributed by atoms with Crippen molar-refractivity contribution in [2.24, 2.45) is 0 Å². The largest absolute Gasteiger partial charge is 0.384 e. The Bertz CT molecular complexity index is 999. The zero-order chi connectivity index (χ0) is 19.1. The van der Waals surface area contributed by atoms with Crippen LogP contribution in [0, 0.1) is 0 Å². The van der Waals surface area contributed by atoms with Crippen LogP contribution in [0.1, 0.15) is 45.1 Å². The van der Waals surface area contributed by atoms with Gasteiger partial charge in [-0.15, -0.1) is 5.10 Å². The second-order valence-corrected chi connectivity index (χ2v) is 8.48. The highest BCUT2D eigenvalue weighted by Crippen LogP contribution is 2.38. The van der Waals surface area contributed by atoms with E-state index >= 15 is 0 Å². The summed E-state index contributed by atoms with van der Waals surface area (Å²) in [7, 11) is 0. The number of hydrogen-bond acceptors (Lipinski definition) is 6.